The van der Waals surface area contributed by atoms with Crippen LogP contribution in [-0.2, 0) is 6.54 Å². The quantitative estimate of drug-likeness (QED) is 0.786. The van der Waals surface area contributed by atoms with Crippen LogP contribution in [0, 0.1) is 5.92 Å². The van der Waals surface area contributed by atoms with Gasteiger partial charge in [0.2, 0.25) is 0 Å². The Labute approximate surface area is 118 Å². The van der Waals surface area contributed by atoms with Crippen LogP contribution in [0.15, 0.2) is 12.1 Å². The molecule has 1 saturated heterocycles. The standard InChI is InChI=1S/C14H22N2O2S/c1-16-8-5-11(6-9-16)4-7-15-10-12-2-3-13(19-12)14(17)18/h2-3,11,15H,4-10H2,1H3,(H,17,18). The molecule has 2 N–H and O–H groups in total. The lowest BCUT2D eigenvalue weighted by Gasteiger charge is -2.28. The Bertz CT molecular complexity index is 411. The van der Waals surface area contributed by atoms with E-state index >= 15 is 0 Å². The van der Waals surface area contributed by atoms with Crippen molar-refractivity contribution in [2.45, 2.75) is 25.8 Å². The predicted octanol–water partition coefficient (Wildman–Crippen LogP) is 2.27. The fourth-order valence-electron chi connectivity index (χ4n) is 2.46. The lowest BCUT2D eigenvalue weighted by Crippen LogP contribution is -2.31. The molecular weight excluding hydrogens is 260 g/mol. The summed E-state index contributed by atoms with van der Waals surface area (Å²) in [5.41, 5.74) is 0. The van der Waals surface area contributed by atoms with Crippen LogP contribution in [0.25, 0.3) is 0 Å². The van der Waals surface area contributed by atoms with Crippen LogP contribution >= 0.6 is 11.3 Å². The minimum Gasteiger partial charge on any atom is -0.477 e. The van der Waals surface area contributed by atoms with Crippen LogP contribution in [0.5, 0.6) is 0 Å². The van der Waals surface area contributed by atoms with Crippen molar-refractivity contribution in [3.63, 3.8) is 0 Å². The first-order valence-electron chi connectivity index (χ1n) is 6.86. The summed E-state index contributed by atoms with van der Waals surface area (Å²) in [6.45, 7) is 4.24. The van der Waals surface area contributed by atoms with Crippen molar-refractivity contribution in [3.8, 4) is 0 Å². The average Bonchev–Trinajstić information content (AvgIpc) is 2.86. The normalized spacial score (nSPS) is 17.7. The number of likely N-dealkylation sites (tertiary alicyclic amines) is 1. The van der Waals surface area contributed by atoms with Gasteiger partial charge in [-0.05, 0) is 64.0 Å². The van der Waals surface area contributed by atoms with Crippen LogP contribution in [0.1, 0.15) is 33.8 Å². The predicted molar refractivity (Wildman–Crippen MR) is 77.8 cm³/mol. The Hall–Kier alpha value is -0.910. The van der Waals surface area contributed by atoms with Crippen molar-refractivity contribution in [2.75, 3.05) is 26.7 Å². The number of hydrogen-bond donors (Lipinski definition) is 2. The Morgan fingerprint density at radius 1 is 1.47 bits per heavy atom. The van der Waals surface area contributed by atoms with Gasteiger partial charge in [0.25, 0.3) is 0 Å². The number of thiophene rings is 1. The number of nitrogens with one attached hydrogen (secondary N) is 1. The molecule has 0 saturated carbocycles. The number of aromatic carboxylic acids is 1. The Morgan fingerprint density at radius 3 is 2.84 bits per heavy atom. The van der Waals surface area contributed by atoms with Crippen molar-refractivity contribution in [1.82, 2.24) is 10.2 Å². The fraction of sp³-hybridized carbons (Fsp3) is 0.643. The van der Waals surface area contributed by atoms with Gasteiger partial charge in [-0.3, -0.25) is 0 Å². The van der Waals surface area contributed by atoms with Crippen LogP contribution in [0.2, 0.25) is 0 Å². The SMILES string of the molecule is CN1CCC(CCNCc2ccc(C(=O)O)s2)CC1. The minimum atomic E-state index is -0.831. The third-order valence-electron chi connectivity index (χ3n) is 3.74. The molecule has 4 nitrogen and oxygen atoms in total. The van der Waals surface area contributed by atoms with Gasteiger partial charge in [0.05, 0.1) is 0 Å². The molecule has 1 fully saturated rings. The number of hydrogen-bond acceptors (Lipinski definition) is 4. The van der Waals surface area contributed by atoms with E-state index in [4.69, 9.17) is 5.11 Å². The van der Waals surface area contributed by atoms with Crippen molar-refractivity contribution in [3.05, 3.63) is 21.9 Å². The van der Waals surface area contributed by atoms with E-state index in [9.17, 15) is 4.79 Å². The molecule has 1 aliphatic heterocycles. The molecule has 1 aromatic rings. The zero-order valence-electron chi connectivity index (χ0n) is 11.4. The van der Waals surface area contributed by atoms with Crippen LogP contribution < -0.4 is 5.32 Å². The maximum atomic E-state index is 10.8. The smallest absolute Gasteiger partial charge is 0.345 e. The van der Waals surface area contributed by atoms with E-state index in [-0.39, 0.29) is 0 Å². The van der Waals surface area contributed by atoms with E-state index in [2.05, 4.69) is 17.3 Å². The van der Waals surface area contributed by atoms with Crippen molar-refractivity contribution in [1.29, 1.82) is 0 Å². The number of carboxylic acids is 1. The first kappa shape index (κ1) is 14.5. The van der Waals surface area contributed by atoms with Crippen molar-refractivity contribution < 1.29 is 9.90 Å². The van der Waals surface area contributed by atoms with Crippen LogP contribution in [0.4, 0.5) is 0 Å². The molecule has 1 aliphatic rings. The topological polar surface area (TPSA) is 52.6 Å². The molecular formula is C14H22N2O2S. The van der Waals surface area contributed by atoms with Gasteiger partial charge in [-0.2, -0.15) is 0 Å². The molecule has 2 heterocycles. The molecule has 106 valence electrons. The van der Waals surface area contributed by atoms with Gasteiger partial charge in [0.1, 0.15) is 4.88 Å². The molecule has 5 heteroatoms. The summed E-state index contributed by atoms with van der Waals surface area (Å²) >= 11 is 1.36. The van der Waals surface area contributed by atoms with E-state index in [1.54, 1.807) is 6.07 Å². The summed E-state index contributed by atoms with van der Waals surface area (Å²) < 4.78 is 0. The highest BCUT2D eigenvalue weighted by atomic mass is 32.1. The van der Waals surface area contributed by atoms with Crippen molar-refractivity contribution >= 4 is 17.3 Å². The van der Waals surface area contributed by atoms with Gasteiger partial charge < -0.3 is 15.3 Å². The van der Waals surface area contributed by atoms with E-state index < -0.39 is 5.97 Å². The minimum absolute atomic E-state index is 0.423. The molecule has 0 bridgehead atoms. The number of carboxylic acid groups (broad SMARTS) is 1. The number of carbonyl (C=O) groups is 1. The highest BCUT2D eigenvalue weighted by Gasteiger charge is 2.15. The second-order valence-corrected chi connectivity index (χ2v) is 6.45. The summed E-state index contributed by atoms with van der Waals surface area (Å²) in [6, 6.07) is 3.58. The molecule has 0 aliphatic carbocycles. The molecule has 0 amide bonds. The Kier molecular flexibility index (Phi) is 5.36. The molecule has 0 aromatic carbocycles. The van der Waals surface area contributed by atoms with E-state index in [1.807, 2.05) is 6.07 Å². The molecule has 1 aromatic heterocycles. The van der Waals surface area contributed by atoms with Gasteiger partial charge in [0.15, 0.2) is 0 Å². The summed E-state index contributed by atoms with van der Waals surface area (Å²) in [4.78, 5) is 14.7. The molecule has 0 spiro atoms. The third kappa shape index (κ3) is 4.60. The maximum absolute atomic E-state index is 10.8. The van der Waals surface area contributed by atoms with E-state index in [0.29, 0.717) is 4.88 Å². The number of rotatable bonds is 6. The summed E-state index contributed by atoms with van der Waals surface area (Å²) in [6.07, 6.45) is 3.84. The van der Waals surface area contributed by atoms with Gasteiger partial charge >= 0.3 is 5.97 Å². The monoisotopic (exact) mass is 282 g/mol. The first-order chi connectivity index (χ1) is 9.15. The highest BCUT2D eigenvalue weighted by molar-refractivity contribution is 7.13. The second kappa shape index (κ2) is 7.03. The largest absolute Gasteiger partial charge is 0.477 e. The van der Waals surface area contributed by atoms with Gasteiger partial charge in [0, 0.05) is 11.4 Å². The zero-order chi connectivity index (χ0) is 13.7. The molecule has 0 atom stereocenters. The average molecular weight is 282 g/mol. The van der Waals surface area contributed by atoms with Gasteiger partial charge in [-0.25, -0.2) is 4.79 Å². The van der Waals surface area contributed by atoms with E-state index in [1.165, 1.54) is 43.7 Å². The molecule has 0 unspecified atom stereocenters. The van der Waals surface area contributed by atoms with E-state index in [0.717, 1.165) is 23.9 Å². The summed E-state index contributed by atoms with van der Waals surface area (Å²) in [5.74, 6) is 0.0178. The fourth-order valence-corrected chi connectivity index (χ4v) is 3.27. The number of piperidine rings is 1. The summed E-state index contributed by atoms with van der Waals surface area (Å²) in [7, 11) is 2.19. The zero-order valence-corrected chi connectivity index (χ0v) is 12.2. The van der Waals surface area contributed by atoms with Crippen LogP contribution in [0.3, 0.4) is 0 Å². The summed E-state index contributed by atoms with van der Waals surface area (Å²) in [5, 5.41) is 12.3. The molecule has 0 radical (unpaired) electrons. The number of nitrogens with zero attached hydrogens (tertiary/aromatic N) is 1. The highest BCUT2D eigenvalue weighted by Crippen LogP contribution is 2.19. The lowest BCUT2D eigenvalue weighted by atomic mass is 9.94. The molecule has 2 rings (SSSR count). The van der Waals surface area contributed by atoms with Crippen LogP contribution in [-0.4, -0.2) is 42.7 Å². The Morgan fingerprint density at radius 2 is 2.21 bits per heavy atom. The Balaban J connectivity index is 1.62. The maximum Gasteiger partial charge on any atom is 0.345 e. The third-order valence-corrected chi connectivity index (χ3v) is 4.81. The lowest BCUT2D eigenvalue weighted by molar-refractivity contribution is 0.0702. The first-order valence-corrected chi connectivity index (χ1v) is 7.68. The second-order valence-electron chi connectivity index (χ2n) is 5.28. The molecule has 19 heavy (non-hydrogen) atoms. The van der Waals surface area contributed by atoms with Gasteiger partial charge in [-0.1, -0.05) is 0 Å². The van der Waals surface area contributed by atoms with Crippen molar-refractivity contribution in [2.24, 2.45) is 5.92 Å². The van der Waals surface area contributed by atoms with Gasteiger partial charge in [-0.15, -0.1) is 11.3 Å².